The van der Waals surface area contributed by atoms with Crippen LogP contribution in [0, 0.1) is 0 Å². The smallest absolute Gasteiger partial charge is 0.0547 e. The first-order valence-corrected chi connectivity index (χ1v) is 5.39. The van der Waals surface area contributed by atoms with Gasteiger partial charge >= 0.3 is 0 Å². The molecular formula is C11H22N4. The molecule has 0 spiro atoms. The van der Waals surface area contributed by atoms with Crippen LogP contribution in [0.2, 0.25) is 0 Å². The van der Waals surface area contributed by atoms with Crippen LogP contribution in [0.3, 0.4) is 0 Å². The molecule has 0 aliphatic rings. The molecule has 1 rings (SSSR count). The van der Waals surface area contributed by atoms with Gasteiger partial charge in [-0.3, -0.25) is 4.68 Å². The Kier molecular flexibility index (Phi) is 4.29. The van der Waals surface area contributed by atoms with Crippen LogP contribution < -0.4 is 5.32 Å². The van der Waals surface area contributed by atoms with E-state index in [1.54, 1.807) is 0 Å². The molecule has 0 saturated carbocycles. The Morgan fingerprint density at radius 3 is 2.60 bits per heavy atom. The van der Waals surface area contributed by atoms with Gasteiger partial charge in [0.15, 0.2) is 0 Å². The average molecular weight is 210 g/mol. The highest BCUT2D eigenvalue weighted by Crippen LogP contribution is 2.10. The predicted molar refractivity (Wildman–Crippen MR) is 62.8 cm³/mol. The van der Waals surface area contributed by atoms with E-state index in [-0.39, 0.29) is 0 Å². The van der Waals surface area contributed by atoms with Crippen molar-refractivity contribution < 1.29 is 0 Å². The molecular weight excluding hydrogens is 188 g/mol. The minimum atomic E-state index is 0.340. The highest BCUT2D eigenvalue weighted by Gasteiger charge is 2.12. The van der Waals surface area contributed by atoms with E-state index in [0.29, 0.717) is 12.1 Å². The number of rotatable bonds is 5. The van der Waals surface area contributed by atoms with Crippen LogP contribution in [0.1, 0.15) is 25.6 Å². The van der Waals surface area contributed by atoms with Crippen molar-refractivity contribution in [2.24, 2.45) is 7.05 Å². The number of aromatic nitrogens is 2. The van der Waals surface area contributed by atoms with Gasteiger partial charge in [0.05, 0.1) is 5.69 Å². The zero-order valence-corrected chi connectivity index (χ0v) is 10.4. The van der Waals surface area contributed by atoms with Crippen LogP contribution in [0.15, 0.2) is 12.3 Å². The SMILES string of the molecule is CC(CN(C)C)NC(C)c1ccnn1C. The van der Waals surface area contributed by atoms with Crippen LogP contribution in [-0.2, 0) is 7.05 Å². The third-order valence-corrected chi connectivity index (χ3v) is 2.48. The fourth-order valence-corrected chi connectivity index (χ4v) is 1.92. The highest BCUT2D eigenvalue weighted by molar-refractivity contribution is 5.05. The summed E-state index contributed by atoms with van der Waals surface area (Å²) in [7, 11) is 6.16. The van der Waals surface area contributed by atoms with Crippen LogP contribution in [0.25, 0.3) is 0 Å². The monoisotopic (exact) mass is 210 g/mol. The van der Waals surface area contributed by atoms with Crippen molar-refractivity contribution in [1.82, 2.24) is 20.0 Å². The lowest BCUT2D eigenvalue weighted by molar-refractivity contribution is 0.331. The molecule has 0 fully saturated rings. The number of likely N-dealkylation sites (N-methyl/N-ethyl adjacent to an activating group) is 1. The Balaban J connectivity index is 2.49. The Morgan fingerprint density at radius 2 is 2.13 bits per heavy atom. The maximum absolute atomic E-state index is 4.17. The van der Waals surface area contributed by atoms with E-state index >= 15 is 0 Å². The summed E-state index contributed by atoms with van der Waals surface area (Å²) in [5.41, 5.74) is 1.22. The van der Waals surface area contributed by atoms with Gasteiger partial charge in [-0.2, -0.15) is 5.10 Å². The van der Waals surface area contributed by atoms with E-state index in [2.05, 4.69) is 49.3 Å². The zero-order chi connectivity index (χ0) is 11.4. The van der Waals surface area contributed by atoms with Crippen molar-refractivity contribution in [3.8, 4) is 0 Å². The molecule has 0 aliphatic heterocycles. The molecule has 4 heteroatoms. The first-order valence-electron chi connectivity index (χ1n) is 5.39. The summed E-state index contributed by atoms with van der Waals surface area (Å²) in [6, 6.07) is 2.87. The van der Waals surface area contributed by atoms with Crippen molar-refractivity contribution in [2.45, 2.75) is 25.9 Å². The summed E-state index contributed by atoms with van der Waals surface area (Å²) in [4.78, 5) is 2.19. The molecule has 0 aliphatic carbocycles. The van der Waals surface area contributed by atoms with E-state index in [4.69, 9.17) is 0 Å². The molecule has 0 aromatic carbocycles. The Hall–Kier alpha value is -0.870. The lowest BCUT2D eigenvalue weighted by atomic mass is 10.2. The maximum Gasteiger partial charge on any atom is 0.0547 e. The van der Waals surface area contributed by atoms with Crippen LogP contribution >= 0.6 is 0 Å². The molecule has 0 amide bonds. The topological polar surface area (TPSA) is 33.1 Å². The molecule has 1 heterocycles. The van der Waals surface area contributed by atoms with Gasteiger partial charge in [-0.05, 0) is 34.0 Å². The summed E-state index contributed by atoms with van der Waals surface area (Å²) in [6.07, 6.45) is 1.84. The van der Waals surface area contributed by atoms with Gasteiger partial charge in [0, 0.05) is 31.9 Å². The van der Waals surface area contributed by atoms with Crippen LogP contribution in [0.5, 0.6) is 0 Å². The maximum atomic E-state index is 4.17. The second-order valence-corrected chi connectivity index (χ2v) is 4.43. The highest BCUT2D eigenvalue weighted by atomic mass is 15.3. The first-order chi connectivity index (χ1) is 7.00. The summed E-state index contributed by atoms with van der Waals surface area (Å²) < 4.78 is 1.92. The summed E-state index contributed by atoms with van der Waals surface area (Å²) in [6.45, 7) is 5.41. The third-order valence-electron chi connectivity index (χ3n) is 2.48. The van der Waals surface area contributed by atoms with Crippen molar-refractivity contribution in [1.29, 1.82) is 0 Å². The summed E-state index contributed by atoms with van der Waals surface area (Å²) >= 11 is 0. The predicted octanol–water partition coefficient (Wildman–Crippen LogP) is 1.02. The Bertz CT molecular complexity index is 293. The molecule has 0 saturated heterocycles. The number of hydrogen-bond acceptors (Lipinski definition) is 3. The standard InChI is InChI=1S/C11H22N4/c1-9(8-14(3)4)13-10(2)11-6-7-12-15(11)5/h6-7,9-10,13H,8H2,1-5H3. The number of hydrogen-bond donors (Lipinski definition) is 1. The zero-order valence-electron chi connectivity index (χ0n) is 10.4. The minimum absolute atomic E-state index is 0.340. The van der Waals surface area contributed by atoms with Crippen molar-refractivity contribution in [3.63, 3.8) is 0 Å². The number of aryl methyl sites for hydroxylation is 1. The van der Waals surface area contributed by atoms with Gasteiger partial charge in [0.25, 0.3) is 0 Å². The van der Waals surface area contributed by atoms with Crippen molar-refractivity contribution in [2.75, 3.05) is 20.6 Å². The normalized spacial score (nSPS) is 15.6. The molecule has 1 aromatic rings. The van der Waals surface area contributed by atoms with Crippen LogP contribution in [-0.4, -0.2) is 41.4 Å². The lowest BCUT2D eigenvalue weighted by Gasteiger charge is -2.22. The van der Waals surface area contributed by atoms with Gasteiger partial charge in [-0.25, -0.2) is 0 Å². The van der Waals surface area contributed by atoms with Gasteiger partial charge in [-0.15, -0.1) is 0 Å². The summed E-state index contributed by atoms with van der Waals surface area (Å²) in [5, 5.41) is 7.72. The fourth-order valence-electron chi connectivity index (χ4n) is 1.92. The second-order valence-electron chi connectivity index (χ2n) is 4.43. The molecule has 2 atom stereocenters. The van der Waals surface area contributed by atoms with Gasteiger partial charge in [0.1, 0.15) is 0 Å². The van der Waals surface area contributed by atoms with E-state index in [9.17, 15) is 0 Å². The quantitative estimate of drug-likeness (QED) is 0.787. The van der Waals surface area contributed by atoms with Crippen LogP contribution in [0.4, 0.5) is 0 Å². The molecule has 1 aromatic heterocycles. The molecule has 2 unspecified atom stereocenters. The van der Waals surface area contributed by atoms with E-state index in [1.165, 1.54) is 5.69 Å². The summed E-state index contributed by atoms with van der Waals surface area (Å²) in [5.74, 6) is 0. The lowest BCUT2D eigenvalue weighted by Crippen LogP contribution is -2.37. The molecule has 15 heavy (non-hydrogen) atoms. The van der Waals surface area contributed by atoms with Crippen molar-refractivity contribution in [3.05, 3.63) is 18.0 Å². The molecule has 4 nitrogen and oxygen atoms in total. The van der Waals surface area contributed by atoms with Gasteiger partial charge in [0.2, 0.25) is 0 Å². The largest absolute Gasteiger partial charge is 0.308 e. The molecule has 86 valence electrons. The van der Waals surface area contributed by atoms with Gasteiger partial charge in [-0.1, -0.05) is 0 Å². The Morgan fingerprint density at radius 1 is 1.47 bits per heavy atom. The molecule has 0 radical (unpaired) electrons. The number of nitrogens with zero attached hydrogens (tertiary/aromatic N) is 3. The van der Waals surface area contributed by atoms with Gasteiger partial charge < -0.3 is 10.2 Å². The average Bonchev–Trinajstić information content (AvgIpc) is 2.49. The first kappa shape index (κ1) is 12.2. The molecule has 0 bridgehead atoms. The molecule has 1 N–H and O–H groups in total. The van der Waals surface area contributed by atoms with Crippen molar-refractivity contribution >= 4 is 0 Å². The van der Waals surface area contributed by atoms with E-state index < -0.39 is 0 Å². The fraction of sp³-hybridized carbons (Fsp3) is 0.727. The van der Waals surface area contributed by atoms with E-state index in [0.717, 1.165) is 6.54 Å². The van der Waals surface area contributed by atoms with E-state index in [1.807, 2.05) is 17.9 Å². The Labute approximate surface area is 92.3 Å². The third kappa shape index (κ3) is 3.64. The number of nitrogens with one attached hydrogen (secondary N) is 1. The minimum Gasteiger partial charge on any atom is -0.308 e. The second kappa shape index (κ2) is 5.28.